The third-order valence-electron chi connectivity index (χ3n) is 4.08. The van der Waals surface area contributed by atoms with Crippen molar-refractivity contribution in [2.45, 2.75) is 45.5 Å². The molecule has 0 radical (unpaired) electrons. The van der Waals surface area contributed by atoms with Gasteiger partial charge in [-0.2, -0.15) is 0 Å². The molecule has 0 unspecified atom stereocenters. The molecule has 128 valence electrons. The maximum absolute atomic E-state index is 11.6. The summed E-state index contributed by atoms with van der Waals surface area (Å²) in [5, 5.41) is 10.2. The van der Waals surface area contributed by atoms with Crippen LogP contribution in [-0.2, 0) is 4.74 Å². The Kier molecular flexibility index (Phi) is 6.57. The molecule has 0 saturated carbocycles. The van der Waals surface area contributed by atoms with Crippen molar-refractivity contribution in [1.82, 2.24) is 0 Å². The second kappa shape index (κ2) is 8.43. The summed E-state index contributed by atoms with van der Waals surface area (Å²) >= 11 is 0. The van der Waals surface area contributed by atoms with Crippen LogP contribution in [0.1, 0.15) is 37.6 Å². The number of ketones is 1. The predicted molar refractivity (Wildman–Crippen MR) is 88.1 cm³/mol. The van der Waals surface area contributed by atoms with E-state index in [1.807, 2.05) is 6.92 Å². The molecule has 0 aliphatic carbocycles. The molecule has 1 aromatic rings. The van der Waals surface area contributed by atoms with Gasteiger partial charge in [0.25, 0.3) is 0 Å². The minimum Gasteiger partial charge on any atom is -0.491 e. The van der Waals surface area contributed by atoms with E-state index in [0.717, 1.165) is 13.1 Å². The number of carbonyl (C=O) groups excluding carboxylic acids is 1. The number of hydrogen-bond donors (Lipinski definition) is 2. The average Bonchev–Trinajstić information content (AvgIpc) is 2.51. The van der Waals surface area contributed by atoms with Crippen LogP contribution in [0, 0.1) is 0 Å². The fourth-order valence-corrected chi connectivity index (χ4v) is 3.08. The number of Topliss-reactive ketones (excluding diaryl/α,β-unsaturated/α-hetero) is 1. The standard InChI is InChI=1S/C18H27NO4/c1-4-18(21)15-5-7-17(8-6-15)22-12-16(20)11-19-9-13(2)23-14(3)10-19/h5-8,13-14,16,20H,4,9-12H2,1-3H3/p+1/t13-,14-,16+/m1/s1. The lowest BCUT2D eigenvalue weighted by Crippen LogP contribution is -3.16. The first-order valence-corrected chi connectivity index (χ1v) is 8.41. The molecule has 1 aliphatic heterocycles. The van der Waals surface area contributed by atoms with E-state index < -0.39 is 6.10 Å². The number of quaternary nitrogens is 1. The quantitative estimate of drug-likeness (QED) is 0.726. The summed E-state index contributed by atoms with van der Waals surface area (Å²) in [6.45, 7) is 8.72. The van der Waals surface area contributed by atoms with Crippen LogP contribution < -0.4 is 9.64 Å². The van der Waals surface area contributed by atoms with Crippen molar-refractivity contribution < 1.29 is 24.3 Å². The van der Waals surface area contributed by atoms with E-state index in [1.165, 1.54) is 4.90 Å². The number of aliphatic hydroxyl groups is 1. The Morgan fingerprint density at radius 2 is 1.91 bits per heavy atom. The van der Waals surface area contributed by atoms with Gasteiger partial charge in [-0.05, 0) is 38.1 Å². The Hall–Kier alpha value is -1.43. The minimum atomic E-state index is -0.514. The zero-order valence-corrected chi connectivity index (χ0v) is 14.2. The van der Waals surface area contributed by atoms with Gasteiger partial charge >= 0.3 is 0 Å². The van der Waals surface area contributed by atoms with Crippen LogP contribution in [0.3, 0.4) is 0 Å². The van der Waals surface area contributed by atoms with Gasteiger partial charge in [0, 0.05) is 12.0 Å². The van der Waals surface area contributed by atoms with Gasteiger partial charge < -0.3 is 19.5 Å². The number of benzene rings is 1. The molecule has 1 aromatic carbocycles. The first-order valence-electron chi connectivity index (χ1n) is 8.41. The average molecular weight is 322 g/mol. The maximum atomic E-state index is 11.6. The SMILES string of the molecule is CCC(=O)c1ccc(OC[C@@H](O)C[NH+]2C[C@@H](C)O[C@H](C)C2)cc1. The van der Waals surface area contributed by atoms with E-state index in [4.69, 9.17) is 9.47 Å². The minimum absolute atomic E-state index is 0.121. The van der Waals surface area contributed by atoms with Crippen LogP contribution in [0.15, 0.2) is 24.3 Å². The van der Waals surface area contributed by atoms with Crippen LogP contribution in [0.4, 0.5) is 0 Å². The van der Waals surface area contributed by atoms with E-state index >= 15 is 0 Å². The van der Waals surface area contributed by atoms with Gasteiger partial charge in [0.15, 0.2) is 5.78 Å². The predicted octanol–water partition coefficient (Wildman–Crippen LogP) is 0.711. The molecule has 0 aromatic heterocycles. The van der Waals surface area contributed by atoms with Gasteiger partial charge in [-0.3, -0.25) is 4.79 Å². The highest BCUT2D eigenvalue weighted by Gasteiger charge is 2.27. The largest absolute Gasteiger partial charge is 0.491 e. The third-order valence-corrected chi connectivity index (χ3v) is 4.08. The number of morpholine rings is 1. The third kappa shape index (κ3) is 5.61. The second-order valence-corrected chi connectivity index (χ2v) is 6.39. The van der Waals surface area contributed by atoms with E-state index in [0.29, 0.717) is 24.3 Å². The van der Waals surface area contributed by atoms with Crippen molar-refractivity contribution in [3.05, 3.63) is 29.8 Å². The van der Waals surface area contributed by atoms with E-state index in [-0.39, 0.29) is 24.6 Å². The van der Waals surface area contributed by atoms with Crippen molar-refractivity contribution in [3.63, 3.8) is 0 Å². The number of carbonyl (C=O) groups is 1. The van der Waals surface area contributed by atoms with Crippen LogP contribution in [0.5, 0.6) is 5.75 Å². The number of hydrogen-bond acceptors (Lipinski definition) is 4. The molecule has 0 spiro atoms. The van der Waals surface area contributed by atoms with Crippen molar-refractivity contribution in [3.8, 4) is 5.75 Å². The molecule has 0 bridgehead atoms. The first-order chi connectivity index (χ1) is 11.0. The Balaban J connectivity index is 1.77. The molecule has 2 N–H and O–H groups in total. The fraction of sp³-hybridized carbons (Fsp3) is 0.611. The van der Waals surface area contributed by atoms with Gasteiger partial charge in [-0.15, -0.1) is 0 Å². The van der Waals surface area contributed by atoms with Crippen molar-refractivity contribution in [2.24, 2.45) is 0 Å². The Morgan fingerprint density at radius 3 is 2.48 bits per heavy atom. The number of aliphatic hydroxyl groups excluding tert-OH is 1. The van der Waals surface area contributed by atoms with Crippen LogP contribution in [0.25, 0.3) is 0 Å². The van der Waals surface area contributed by atoms with Crippen molar-refractivity contribution in [2.75, 3.05) is 26.2 Å². The first kappa shape index (κ1) is 17.9. The summed E-state index contributed by atoms with van der Waals surface area (Å²) in [7, 11) is 0. The topological polar surface area (TPSA) is 60.2 Å². The summed E-state index contributed by atoms with van der Waals surface area (Å²) < 4.78 is 11.3. The molecule has 1 heterocycles. The van der Waals surface area contributed by atoms with Gasteiger partial charge in [0.1, 0.15) is 50.3 Å². The number of rotatable bonds is 7. The Bertz CT molecular complexity index is 492. The van der Waals surface area contributed by atoms with E-state index in [2.05, 4.69) is 13.8 Å². The number of nitrogens with one attached hydrogen (secondary N) is 1. The van der Waals surface area contributed by atoms with Gasteiger partial charge in [-0.1, -0.05) is 6.92 Å². The molecule has 23 heavy (non-hydrogen) atoms. The molecular formula is C18H28NO4+. The van der Waals surface area contributed by atoms with Gasteiger partial charge in [0.05, 0.1) is 0 Å². The molecular weight excluding hydrogens is 294 g/mol. The van der Waals surface area contributed by atoms with Gasteiger partial charge in [-0.25, -0.2) is 0 Å². The van der Waals surface area contributed by atoms with E-state index in [9.17, 15) is 9.90 Å². The Labute approximate surface area is 138 Å². The summed E-state index contributed by atoms with van der Waals surface area (Å²) in [5.41, 5.74) is 0.695. The fourth-order valence-electron chi connectivity index (χ4n) is 3.08. The van der Waals surface area contributed by atoms with Gasteiger partial charge in [0.2, 0.25) is 0 Å². The summed E-state index contributed by atoms with van der Waals surface area (Å²) in [5.74, 6) is 0.797. The molecule has 0 amide bonds. The summed E-state index contributed by atoms with van der Waals surface area (Å²) in [6.07, 6.45) is 0.438. The van der Waals surface area contributed by atoms with Crippen LogP contribution in [-0.4, -0.2) is 55.4 Å². The normalized spacial score (nSPS) is 25.8. The maximum Gasteiger partial charge on any atom is 0.162 e. The molecule has 5 heteroatoms. The zero-order chi connectivity index (χ0) is 16.8. The molecule has 3 atom stereocenters. The van der Waals surface area contributed by atoms with Crippen molar-refractivity contribution >= 4 is 5.78 Å². The van der Waals surface area contributed by atoms with E-state index in [1.54, 1.807) is 24.3 Å². The van der Waals surface area contributed by atoms with Crippen LogP contribution >= 0.6 is 0 Å². The lowest BCUT2D eigenvalue weighted by atomic mass is 10.1. The molecule has 1 aliphatic rings. The highest BCUT2D eigenvalue weighted by Crippen LogP contribution is 2.13. The molecule has 2 rings (SSSR count). The lowest BCUT2D eigenvalue weighted by molar-refractivity contribution is -0.918. The highest BCUT2D eigenvalue weighted by atomic mass is 16.5. The highest BCUT2D eigenvalue weighted by molar-refractivity contribution is 5.95. The second-order valence-electron chi connectivity index (χ2n) is 6.39. The zero-order valence-electron chi connectivity index (χ0n) is 14.2. The summed E-state index contributed by atoms with van der Waals surface area (Å²) in [6, 6.07) is 7.09. The lowest BCUT2D eigenvalue weighted by Gasteiger charge is -2.33. The molecule has 1 fully saturated rings. The molecule has 1 saturated heterocycles. The van der Waals surface area contributed by atoms with Crippen molar-refractivity contribution in [1.29, 1.82) is 0 Å². The monoisotopic (exact) mass is 322 g/mol. The number of ether oxygens (including phenoxy) is 2. The van der Waals surface area contributed by atoms with Crippen LogP contribution in [0.2, 0.25) is 0 Å². The molecule has 5 nitrogen and oxygen atoms in total. The Morgan fingerprint density at radius 1 is 1.30 bits per heavy atom. The smallest absolute Gasteiger partial charge is 0.162 e. The summed E-state index contributed by atoms with van der Waals surface area (Å²) in [4.78, 5) is 12.9.